The molecule has 1 rings (SSSR count). The smallest absolute Gasteiger partial charge is 0.318 e. The topological polar surface area (TPSA) is 74.7 Å². The number of carbonyl (C=O) groups is 1. The van der Waals surface area contributed by atoms with Crippen LogP contribution in [-0.4, -0.2) is 55.5 Å². The molecule has 130 valence electrons. The van der Waals surface area contributed by atoms with E-state index in [0.29, 0.717) is 6.42 Å². The highest BCUT2D eigenvalue weighted by molar-refractivity contribution is 7.92. The number of carboxylic acid groups (broad SMARTS) is 1. The molecule has 1 aromatic rings. The number of rotatable bonds is 9. The molecule has 0 aliphatic carbocycles. The molecule has 0 saturated carbocycles. The van der Waals surface area contributed by atoms with Gasteiger partial charge in [0.25, 0.3) is 0 Å². The highest BCUT2D eigenvalue weighted by Crippen LogP contribution is 2.16. The van der Waals surface area contributed by atoms with Crippen molar-refractivity contribution < 1.29 is 22.7 Å². The Morgan fingerprint density at radius 3 is 2.30 bits per heavy atom. The van der Waals surface area contributed by atoms with Crippen LogP contribution in [-0.2, 0) is 21.1 Å². The summed E-state index contributed by atoms with van der Waals surface area (Å²) in [6.07, 6.45) is 0.674. The lowest BCUT2D eigenvalue weighted by Gasteiger charge is -2.31. The molecule has 0 saturated heterocycles. The standard InChI is InChI=1S/C16H24FNO4S/c1-12(2)15(10-13-4-6-14(17)7-5-13)18(3)8-9-23(21,22)11-16(19)20/h4-7,12,15H,8-11H2,1-3H3,(H,19,20). The molecule has 0 heterocycles. The van der Waals surface area contributed by atoms with Gasteiger partial charge in [0.15, 0.2) is 9.84 Å². The molecular weight excluding hydrogens is 321 g/mol. The molecule has 0 aliphatic rings. The van der Waals surface area contributed by atoms with Crippen LogP contribution in [0, 0.1) is 11.7 Å². The average molecular weight is 345 g/mol. The van der Waals surface area contributed by atoms with Crippen LogP contribution in [0.1, 0.15) is 19.4 Å². The van der Waals surface area contributed by atoms with Crippen molar-refractivity contribution in [3.05, 3.63) is 35.6 Å². The zero-order chi connectivity index (χ0) is 17.6. The number of carboxylic acids is 1. The maximum Gasteiger partial charge on any atom is 0.318 e. The van der Waals surface area contributed by atoms with E-state index in [4.69, 9.17) is 5.11 Å². The number of nitrogens with zero attached hydrogens (tertiary/aromatic N) is 1. The van der Waals surface area contributed by atoms with Gasteiger partial charge in [0.2, 0.25) is 0 Å². The third kappa shape index (κ3) is 7.09. The van der Waals surface area contributed by atoms with Crippen LogP contribution < -0.4 is 0 Å². The van der Waals surface area contributed by atoms with Crippen LogP contribution in [0.5, 0.6) is 0 Å². The van der Waals surface area contributed by atoms with Gasteiger partial charge in [-0.25, -0.2) is 12.8 Å². The summed E-state index contributed by atoms with van der Waals surface area (Å²) < 4.78 is 36.3. The number of benzene rings is 1. The van der Waals surface area contributed by atoms with E-state index in [0.717, 1.165) is 5.56 Å². The van der Waals surface area contributed by atoms with Gasteiger partial charge in [-0.2, -0.15) is 0 Å². The van der Waals surface area contributed by atoms with Crippen molar-refractivity contribution in [3.63, 3.8) is 0 Å². The fraction of sp³-hybridized carbons (Fsp3) is 0.562. The Hall–Kier alpha value is -1.47. The van der Waals surface area contributed by atoms with E-state index in [1.165, 1.54) is 12.1 Å². The quantitative estimate of drug-likeness (QED) is 0.739. The monoisotopic (exact) mass is 345 g/mol. The molecule has 0 aliphatic heterocycles. The lowest BCUT2D eigenvalue weighted by atomic mass is 9.95. The summed E-state index contributed by atoms with van der Waals surface area (Å²) in [5.74, 6) is -2.39. The van der Waals surface area contributed by atoms with Gasteiger partial charge in [-0.3, -0.25) is 4.79 Å². The molecule has 0 fully saturated rings. The maximum absolute atomic E-state index is 13.0. The highest BCUT2D eigenvalue weighted by Gasteiger charge is 2.22. The van der Waals surface area contributed by atoms with E-state index in [9.17, 15) is 17.6 Å². The molecule has 0 amide bonds. The molecule has 1 unspecified atom stereocenters. The Morgan fingerprint density at radius 2 is 1.83 bits per heavy atom. The van der Waals surface area contributed by atoms with Crippen LogP contribution in [0.25, 0.3) is 0 Å². The van der Waals surface area contributed by atoms with E-state index < -0.39 is 21.6 Å². The molecule has 1 N–H and O–H groups in total. The summed E-state index contributed by atoms with van der Waals surface area (Å²) in [5, 5.41) is 8.61. The highest BCUT2D eigenvalue weighted by atomic mass is 32.2. The summed E-state index contributed by atoms with van der Waals surface area (Å²) in [4.78, 5) is 12.5. The predicted octanol–water partition coefficient (Wildman–Crippen LogP) is 1.82. The van der Waals surface area contributed by atoms with E-state index >= 15 is 0 Å². The molecule has 0 aromatic heterocycles. The first kappa shape index (κ1) is 19.6. The molecule has 0 bridgehead atoms. The molecule has 0 spiro atoms. The molecule has 5 nitrogen and oxygen atoms in total. The SMILES string of the molecule is CC(C)C(Cc1ccc(F)cc1)N(C)CCS(=O)(=O)CC(=O)O. The van der Waals surface area contributed by atoms with Crippen molar-refractivity contribution in [1.82, 2.24) is 4.90 Å². The summed E-state index contributed by atoms with van der Waals surface area (Å²) in [6, 6.07) is 6.34. The van der Waals surface area contributed by atoms with Gasteiger partial charge < -0.3 is 10.0 Å². The van der Waals surface area contributed by atoms with Gasteiger partial charge >= 0.3 is 5.97 Å². The van der Waals surface area contributed by atoms with Gasteiger partial charge in [-0.1, -0.05) is 26.0 Å². The number of hydrogen-bond donors (Lipinski definition) is 1. The lowest BCUT2D eigenvalue weighted by molar-refractivity contribution is -0.134. The molecular formula is C16H24FNO4S. The third-order valence-corrected chi connectivity index (χ3v) is 5.28. The number of likely N-dealkylation sites (N-methyl/N-ethyl adjacent to an activating group) is 1. The van der Waals surface area contributed by atoms with Crippen LogP contribution in [0.2, 0.25) is 0 Å². The van der Waals surface area contributed by atoms with Crippen molar-refractivity contribution >= 4 is 15.8 Å². The minimum atomic E-state index is -3.60. The number of hydrogen-bond acceptors (Lipinski definition) is 4. The van der Waals surface area contributed by atoms with Crippen molar-refractivity contribution in [2.75, 3.05) is 25.1 Å². The molecule has 1 atom stereocenters. The third-order valence-electron chi connectivity index (χ3n) is 3.79. The van der Waals surface area contributed by atoms with Gasteiger partial charge in [-0.15, -0.1) is 0 Å². The van der Waals surface area contributed by atoms with Crippen LogP contribution in [0.3, 0.4) is 0 Å². The average Bonchev–Trinajstić information content (AvgIpc) is 2.42. The van der Waals surface area contributed by atoms with Crippen LogP contribution >= 0.6 is 0 Å². The second-order valence-corrected chi connectivity index (χ2v) is 8.29. The summed E-state index contributed by atoms with van der Waals surface area (Å²) in [7, 11) is -1.78. The predicted molar refractivity (Wildman–Crippen MR) is 87.6 cm³/mol. The Morgan fingerprint density at radius 1 is 1.26 bits per heavy atom. The largest absolute Gasteiger partial charge is 0.480 e. The number of sulfone groups is 1. The zero-order valence-electron chi connectivity index (χ0n) is 13.7. The van der Waals surface area contributed by atoms with Crippen molar-refractivity contribution in [2.24, 2.45) is 5.92 Å². The molecule has 1 aromatic carbocycles. The van der Waals surface area contributed by atoms with Crippen LogP contribution in [0.4, 0.5) is 4.39 Å². The zero-order valence-corrected chi connectivity index (χ0v) is 14.5. The normalized spacial score (nSPS) is 13.5. The maximum atomic E-state index is 13.0. The first-order valence-corrected chi connectivity index (χ1v) is 9.30. The van der Waals surface area contributed by atoms with E-state index in [2.05, 4.69) is 0 Å². The second-order valence-electron chi connectivity index (χ2n) is 6.11. The van der Waals surface area contributed by atoms with E-state index in [1.807, 2.05) is 25.8 Å². The fourth-order valence-electron chi connectivity index (χ4n) is 2.47. The Bertz CT molecular complexity index is 613. The minimum Gasteiger partial charge on any atom is -0.480 e. The van der Waals surface area contributed by atoms with Crippen molar-refractivity contribution in [2.45, 2.75) is 26.3 Å². The van der Waals surface area contributed by atoms with Gasteiger partial charge in [0.1, 0.15) is 11.6 Å². The summed E-state index contributed by atoms with van der Waals surface area (Å²) >= 11 is 0. The Kier molecular flexibility index (Phi) is 7.15. The number of aliphatic carboxylic acids is 1. The first-order valence-electron chi connectivity index (χ1n) is 7.47. The molecule has 23 heavy (non-hydrogen) atoms. The van der Waals surface area contributed by atoms with Gasteiger partial charge in [-0.05, 0) is 37.1 Å². The van der Waals surface area contributed by atoms with Gasteiger partial charge in [0, 0.05) is 12.6 Å². The minimum absolute atomic E-state index is 0.0838. The van der Waals surface area contributed by atoms with Crippen molar-refractivity contribution in [1.29, 1.82) is 0 Å². The number of halogens is 1. The molecule has 7 heteroatoms. The van der Waals surface area contributed by atoms with E-state index in [1.54, 1.807) is 12.1 Å². The summed E-state index contributed by atoms with van der Waals surface area (Å²) in [5.41, 5.74) is 0.977. The Labute approximate surface area is 137 Å². The molecule has 0 radical (unpaired) electrons. The van der Waals surface area contributed by atoms with Crippen LogP contribution in [0.15, 0.2) is 24.3 Å². The lowest BCUT2D eigenvalue weighted by Crippen LogP contribution is -2.40. The fourth-order valence-corrected chi connectivity index (χ4v) is 3.56. The summed E-state index contributed by atoms with van der Waals surface area (Å²) in [6.45, 7) is 4.34. The second kappa shape index (κ2) is 8.40. The Balaban J connectivity index is 2.69. The van der Waals surface area contributed by atoms with E-state index in [-0.39, 0.29) is 30.1 Å². The van der Waals surface area contributed by atoms with Crippen molar-refractivity contribution in [3.8, 4) is 0 Å². The van der Waals surface area contributed by atoms with Gasteiger partial charge in [0.05, 0.1) is 5.75 Å². The first-order chi connectivity index (χ1) is 10.6.